The van der Waals surface area contributed by atoms with Crippen molar-refractivity contribution in [1.29, 1.82) is 0 Å². The molecule has 0 radical (unpaired) electrons. The van der Waals surface area contributed by atoms with Gasteiger partial charge in [-0.05, 0) is 55.7 Å². The molecule has 0 saturated carbocycles. The van der Waals surface area contributed by atoms with Crippen LogP contribution in [-0.2, 0) is 6.42 Å². The summed E-state index contributed by atoms with van der Waals surface area (Å²) in [5, 5.41) is 3.29. The lowest BCUT2D eigenvalue weighted by atomic mass is 10.0. The van der Waals surface area contributed by atoms with Crippen molar-refractivity contribution in [2.75, 3.05) is 0 Å². The van der Waals surface area contributed by atoms with Crippen molar-refractivity contribution in [3.63, 3.8) is 0 Å². The SMILES string of the molecule is CC(Cc1ccc(F)cc1)NC(C)c1cc(F)cc(F)c1. The van der Waals surface area contributed by atoms with Crippen molar-refractivity contribution in [1.82, 2.24) is 5.32 Å². The lowest BCUT2D eigenvalue weighted by Gasteiger charge is -2.20. The van der Waals surface area contributed by atoms with E-state index in [0.717, 1.165) is 11.6 Å². The Bertz CT molecular complexity index is 575. The maximum absolute atomic E-state index is 13.2. The lowest BCUT2D eigenvalue weighted by molar-refractivity contribution is 0.471. The van der Waals surface area contributed by atoms with Crippen LogP contribution < -0.4 is 5.32 Å². The average Bonchev–Trinajstić information content (AvgIpc) is 2.40. The summed E-state index contributed by atoms with van der Waals surface area (Å²) in [5.41, 5.74) is 1.58. The first-order valence-electron chi connectivity index (χ1n) is 6.90. The summed E-state index contributed by atoms with van der Waals surface area (Å²) in [6.45, 7) is 3.84. The minimum absolute atomic E-state index is 0.0942. The molecule has 0 amide bonds. The summed E-state index contributed by atoms with van der Waals surface area (Å²) < 4.78 is 39.3. The standard InChI is InChI=1S/C17H18F3N/c1-11(7-13-3-5-15(18)6-4-13)21-12(2)14-8-16(19)10-17(20)9-14/h3-6,8-12,21H,7H2,1-2H3. The van der Waals surface area contributed by atoms with E-state index in [2.05, 4.69) is 5.32 Å². The third kappa shape index (κ3) is 4.60. The van der Waals surface area contributed by atoms with Crippen molar-refractivity contribution in [3.8, 4) is 0 Å². The van der Waals surface area contributed by atoms with Crippen LogP contribution in [0, 0.1) is 17.5 Å². The normalized spacial score (nSPS) is 14.0. The number of halogens is 3. The van der Waals surface area contributed by atoms with Crippen LogP contribution >= 0.6 is 0 Å². The van der Waals surface area contributed by atoms with Gasteiger partial charge >= 0.3 is 0 Å². The summed E-state index contributed by atoms with van der Waals surface area (Å²) in [5.74, 6) is -1.42. The first-order valence-corrected chi connectivity index (χ1v) is 6.90. The number of nitrogens with one attached hydrogen (secondary N) is 1. The molecule has 2 rings (SSSR count). The molecule has 0 fully saturated rings. The van der Waals surface area contributed by atoms with Gasteiger partial charge in [0.15, 0.2) is 0 Å². The minimum Gasteiger partial charge on any atom is -0.307 e. The van der Waals surface area contributed by atoms with Crippen LogP contribution in [-0.4, -0.2) is 6.04 Å². The molecule has 0 saturated heterocycles. The fourth-order valence-electron chi connectivity index (χ4n) is 2.38. The van der Waals surface area contributed by atoms with Crippen molar-refractivity contribution in [2.24, 2.45) is 0 Å². The van der Waals surface area contributed by atoms with Gasteiger partial charge in [0, 0.05) is 18.2 Å². The largest absolute Gasteiger partial charge is 0.307 e. The maximum atomic E-state index is 13.2. The Kier molecular flexibility index (Phi) is 5.02. The van der Waals surface area contributed by atoms with E-state index in [0.29, 0.717) is 12.0 Å². The Labute approximate surface area is 122 Å². The fraction of sp³-hybridized carbons (Fsp3) is 0.294. The molecule has 0 heterocycles. The monoisotopic (exact) mass is 293 g/mol. The molecular formula is C17H18F3N. The summed E-state index contributed by atoms with van der Waals surface area (Å²) >= 11 is 0. The molecule has 0 aliphatic rings. The van der Waals surface area contributed by atoms with Crippen molar-refractivity contribution in [2.45, 2.75) is 32.4 Å². The van der Waals surface area contributed by atoms with Gasteiger partial charge in [-0.3, -0.25) is 0 Å². The van der Waals surface area contributed by atoms with Crippen LogP contribution in [0.4, 0.5) is 13.2 Å². The Hall–Kier alpha value is -1.81. The molecule has 1 nitrogen and oxygen atoms in total. The van der Waals surface area contributed by atoms with Gasteiger partial charge in [-0.15, -0.1) is 0 Å². The van der Waals surface area contributed by atoms with E-state index in [-0.39, 0.29) is 17.9 Å². The van der Waals surface area contributed by atoms with Crippen molar-refractivity contribution < 1.29 is 13.2 Å². The Morgan fingerprint density at radius 3 is 2.00 bits per heavy atom. The fourth-order valence-corrected chi connectivity index (χ4v) is 2.38. The van der Waals surface area contributed by atoms with Gasteiger partial charge in [0.05, 0.1) is 0 Å². The van der Waals surface area contributed by atoms with Gasteiger partial charge in [0.2, 0.25) is 0 Å². The molecule has 0 spiro atoms. The highest BCUT2D eigenvalue weighted by atomic mass is 19.1. The summed E-state index contributed by atoms with van der Waals surface area (Å²) in [6.07, 6.45) is 0.711. The summed E-state index contributed by atoms with van der Waals surface area (Å²) in [7, 11) is 0. The van der Waals surface area contributed by atoms with E-state index in [4.69, 9.17) is 0 Å². The molecule has 2 unspecified atom stereocenters. The topological polar surface area (TPSA) is 12.0 Å². The maximum Gasteiger partial charge on any atom is 0.126 e. The number of hydrogen-bond donors (Lipinski definition) is 1. The van der Waals surface area contributed by atoms with Crippen LogP contribution in [0.1, 0.15) is 31.0 Å². The molecule has 2 atom stereocenters. The Morgan fingerprint density at radius 1 is 0.857 bits per heavy atom. The number of hydrogen-bond acceptors (Lipinski definition) is 1. The minimum atomic E-state index is -0.579. The molecule has 1 N–H and O–H groups in total. The van der Waals surface area contributed by atoms with Gasteiger partial charge < -0.3 is 5.32 Å². The first-order chi connectivity index (χ1) is 9.94. The molecule has 2 aromatic carbocycles. The van der Waals surface area contributed by atoms with E-state index < -0.39 is 11.6 Å². The number of benzene rings is 2. The molecule has 2 aromatic rings. The Morgan fingerprint density at radius 2 is 1.43 bits per heavy atom. The molecule has 112 valence electrons. The average molecular weight is 293 g/mol. The highest BCUT2D eigenvalue weighted by molar-refractivity contribution is 5.21. The van der Waals surface area contributed by atoms with Gasteiger partial charge in [-0.2, -0.15) is 0 Å². The van der Waals surface area contributed by atoms with Crippen LogP contribution in [0.2, 0.25) is 0 Å². The molecule has 0 aliphatic carbocycles. The second kappa shape index (κ2) is 6.76. The quantitative estimate of drug-likeness (QED) is 0.862. The van der Waals surface area contributed by atoms with Gasteiger partial charge in [-0.25, -0.2) is 13.2 Å². The molecule has 4 heteroatoms. The van der Waals surface area contributed by atoms with Gasteiger partial charge in [0.1, 0.15) is 17.5 Å². The highest BCUT2D eigenvalue weighted by Crippen LogP contribution is 2.17. The van der Waals surface area contributed by atoms with Crippen LogP contribution in [0.15, 0.2) is 42.5 Å². The zero-order valence-electron chi connectivity index (χ0n) is 12.0. The van der Waals surface area contributed by atoms with E-state index >= 15 is 0 Å². The smallest absolute Gasteiger partial charge is 0.126 e. The zero-order chi connectivity index (χ0) is 15.4. The van der Waals surface area contributed by atoms with Crippen LogP contribution in [0.25, 0.3) is 0 Å². The second-order valence-corrected chi connectivity index (χ2v) is 5.32. The number of rotatable bonds is 5. The third-order valence-corrected chi connectivity index (χ3v) is 3.37. The van der Waals surface area contributed by atoms with Crippen LogP contribution in [0.3, 0.4) is 0 Å². The summed E-state index contributed by atoms with van der Waals surface area (Å²) in [4.78, 5) is 0. The van der Waals surface area contributed by atoms with Crippen molar-refractivity contribution in [3.05, 3.63) is 71.0 Å². The molecule has 0 aromatic heterocycles. The van der Waals surface area contributed by atoms with E-state index in [1.165, 1.54) is 24.3 Å². The molecule has 0 bridgehead atoms. The predicted molar refractivity (Wildman–Crippen MR) is 77.5 cm³/mol. The Balaban J connectivity index is 1.98. The van der Waals surface area contributed by atoms with E-state index in [1.54, 1.807) is 12.1 Å². The third-order valence-electron chi connectivity index (χ3n) is 3.37. The van der Waals surface area contributed by atoms with Crippen LogP contribution in [0.5, 0.6) is 0 Å². The zero-order valence-corrected chi connectivity index (χ0v) is 12.0. The van der Waals surface area contributed by atoms with Gasteiger partial charge in [0.25, 0.3) is 0 Å². The molecule has 0 aliphatic heterocycles. The lowest BCUT2D eigenvalue weighted by Crippen LogP contribution is -2.30. The van der Waals surface area contributed by atoms with Gasteiger partial charge in [-0.1, -0.05) is 12.1 Å². The van der Waals surface area contributed by atoms with E-state index in [1.807, 2.05) is 13.8 Å². The first kappa shape index (κ1) is 15.6. The summed E-state index contributed by atoms with van der Waals surface area (Å²) in [6, 6.07) is 9.75. The molecule has 21 heavy (non-hydrogen) atoms. The highest BCUT2D eigenvalue weighted by Gasteiger charge is 2.12. The second-order valence-electron chi connectivity index (χ2n) is 5.32. The predicted octanol–water partition coefficient (Wildman–Crippen LogP) is 4.39. The van der Waals surface area contributed by atoms with E-state index in [9.17, 15) is 13.2 Å². The molecular weight excluding hydrogens is 275 g/mol. The van der Waals surface area contributed by atoms with Crippen molar-refractivity contribution >= 4 is 0 Å².